The highest BCUT2D eigenvalue weighted by atomic mass is 16.5. The maximum Gasteiger partial charge on any atom is 0.358 e. The fourth-order valence-corrected chi connectivity index (χ4v) is 2.16. The van der Waals surface area contributed by atoms with Crippen LogP contribution in [0.5, 0.6) is 5.75 Å². The van der Waals surface area contributed by atoms with Gasteiger partial charge in [0.15, 0.2) is 5.69 Å². The van der Waals surface area contributed by atoms with Crippen LogP contribution in [0.1, 0.15) is 29.0 Å². The molecule has 0 aliphatic rings. The van der Waals surface area contributed by atoms with E-state index < -0.39 is 5.97 Å². The van der Waals surface area contributed by atoms with Crippen LogP contribution >= 0.6 is 0 Å². The van der Waals surface area contributed by atoms with Crippen LogP contribution in [-0.2, 0) is 11.2 Å². The van der Waals surface area contributed by atoms with Gasteiger partial charge in [-0.2, -0.15) is 0 Å². The summed E-state index contributed by atoms with van der Waals surface area (Å²) in [6, 6.07) is 7.23. The molecule has 0 bridgehead atoms. The van der Waals surface area contributed by atoms with E-state index in [1.54, 1.807) is 31.0 Å². The third-order valence-electron chi connectivity index (χ3n) is 3.29. The molecule has 7 heteroatoms. The largest absolute Gasteiger partial charge is 0.497 e. The Bertz CT molecular complexity index is 622. The van der Waals surface area contributed by atoms with Crippen LogP contribution in [0.2, 0.25) is 0 Å². The number of hydrogen-bond acceptors (Lipinski definition) is 5. The molecule has 0 aliphatic carbocycles. The lowest BCUT2D eigenvalue weighted by atomic mass is 10.1. The van der Waals surface area contributed by atoms with Gasteiger partial charge in [-0.1, -0.05) is 5.21 Å². The topological polar surface area (TPSA) is 86.5 Å². The Morgan fingerprint density at radius 2 is 1.95 bits per heavy atom. The zero-order valence-electron chi connectivity index (χ0n) is 12.7. The standard InChI is InChI=1S/C15H19N3O4/c1-21-10-4-3-5-13-14(15(19)20)16-17-18(13)11-6-8-12(22-2)9-7-11/h6-9H,3-5,10H2,1-2H3,(H,19,20). The number of carboxylic acids is 1. The Balaban J connectivity index is 2.27. The molecule has 2 aromatic rings. The highest BCUT2D eigenvalue weighted by molar-refractivity contribution is 5.86. The molecule has 0 atom stereocenters. The maximum absolute atomic E-state index is 11.3. The Morgan fingerprint density at radius 1 is 1.23 bits per heavy atom. The zero-order valence-corrected chi connectivity index (χ0v) is 12.7. The summed E-state index contributed by atoms with van der Waals surface area (Å²) in [5.41, 5.74) is 1.34. The van der Waals surface area contributed by atoms with Crippen LogP contribution in [0.3, 0.4) is 0 Å². The second-order valence-electron chi connectivity index (χ2n) is 4.75. The third kappa shape index (κ3) is 3.62. The minimum Gasteiger partial charge on any atom is -0.497 e. The van der Waals surface area contributed by atoms with Gasteiger partial charge in [0.25, 0.3) is 0 Å². The SMILES string of the molecule is COCCCCc1c(C(=O)O)nnn1-c1ccc(OC)cc1. The first-order valence-electron chi connectivity index (χ1n) is 6.98. The van der Waals surface area contributed by atoms with Crippen LogP contribution in [0.15, 0.2) is 24.3 Å². The Kier molecular flexibility index (Phi) is 5.48. The van der Waals surface area contributed by atoms with Crippen molar-refractivity contribution in [3.63, 3.8) is 0 Å². The lowest BCUT2D eigenvalue weighted by molar-refractivity contribution is 0.0689. The van der Waals surface area contributed by atoms with E-state index in [1.807, 2.05) is 12.1 Å². The average molecular weight is 305 g/mol. The first kappa shape index (κ1) is 16.0. The average Bonchev–Trinajstić information content (AvgIpc) is 2.95. The summed E-state index contributed by atoms with van der Waals surface area (Å²) < 4.78 is 11.7. The summed E-state index contributed by atoms with van der Waals surface area (Å²) in [7, 11) is 3.24. The number of benzene rings is 1. The van der Waals surface area contributed by atoms with E-state index >= 15 is 0 Å². The molecule has 0 fully saturated rings. The second kappa shape index (κ2) is 7.56. The van der Waals surface area contributed by atoms with Gasteiger partial charge in [0, 0.05) is 13.7 Å². The van der Waals surface area contributed by atoms with E-state index in [4.69, 9.17) is 9.47 Å². The van der Waals surface area contributed by atoms with Crippen LogP contribution in [0.4, 0.5) is 0 Å². The highest BCUT2D eigenvalue weighted by Gasteiger charge is 2.19. The van der Waals surface area contributed by atoms with E-state index in [2.05, 4.69) is 10.3 Å². The Morgan fingerprint density at radius 3 is 2.55 bits per heavy atom. The predicted octanol–water partition coefficient (Wildman–Crippen LogP) is 1.94. The molecule has 2 rings (SSSR count). The van der Waals surface area contributed by atoms with E-state index in [1.165, 1.54) is 0 Å². The van der Waals surface area contributed by atoms with Crippen molar-refractivity contribution in [2.45, 2.75) is 19.3 Å². The lowest BCUT2D eigenvalue weighted by Crippen LogP contribution is -2.07. The van der Waals surface area contributed by atoms with Crippen molar-refractivity contribution >= 4 is 5.97 Å². The molecule has 0 radical (unpaired) electrons. The smallest absolute Gasteiger partial charge is 0.358 e. The zero-order chi connectivity index (χ0) is 15.9. The maximum atomic E-state index is 11.3. The highest BCUT2D eigenvalue weighted by Crippen LogP contribution is 2.18. The van der Waals surface area contributed by atoms with Crippen LogP contribution in [-0.4, -0.2) is 46.9 Å². The molecule has 0 saturated heterocycles. The molecule has 1 heterocycles. The van der Waals surface area contributed by atoms with Gasteiger partial charge >= 0.3 is 5.97 Å². The summed E-state index contributed by atoms with van der Waals surface area (Å²) in [4.78, 5) is 11.3. The van der Waals surface area contributed by atoms with Crippen molar-refractivity contribution in [2.75, 3.05) is 20.8 Å². The molecule has 7 nitrogen and oxygen atoms in total. The van der Waals surface area contributed by atoms with Gasteiger partial charge in [0.05, 0.1) is 18.5 Å². The van der Waals surface area contributed by atoms with E-state index in [0.717, 1.165) is 24.3 Å². The number of hydrogen-bond donors (Lipinski definition) is 1. The number of ether oxygens (including phenoxy) is 2. The second-order valence-corrected chi connectivity index (χ2v) is 4.75. The summed E-state index contributed by atoms with van der Waals surface area (Å²) in [5.74, 6) is -0.342. The minimum atomic E-state index is -1.07. The van der Waals surface area contributed by atoms with Crippen LogP contribution in [0, 0.1) is 0 Å². The molecular formula is C15H19N3O4. The number of nitrogens with zero attached hydrogens (tertiary/aromatic N) is 3. The Hall–Kier alpha value is -2.41. The van der Waals surface area contributed by atoms with Crippen molar-refractivity contribution in [1.29, 1.82) is 0 Å². The molecule has 1 aromatic carbocycles. The fraction of sp³-hybridized carbons (Fsp3) is 0.400. The van der Waals surface area contributed by atoms with Gasteiger partial charge in [-0.25, -0.2) is 9.48 Å². The Labute approximate surface area is 128 Å². The van der Waals surface area contributed by atoms with E-state index in [0.29, 0.717) is 18.7 Å². The van der Waals surface area contributed by atoms with Crippen LogP contribution in [0.25, 0.3) is 5.69 Å². The van der Waals surface area contributed by atoms with E-state index in [9.17, 15) is 9.90 Å². The van der Waals surface area contributed by atoms with Gasteiger partial charge in [-0.3, -0.25) is 0 Å². The number of methoxy groups -OCH3 is 2. The lowest BCUT2D eigenvalue weighted by Gasteiger charge is -2.08. The molecule has 1 aromatic heterocycles. The first-order chi connectivity index (χ1) is 10.7. The number of carbonyl (C=O) groups is 1. The number of unbranched alkanes of at least 4 members (excludes halogenated alkanes) is 1. The normalized spacial score (nSPS) is 10.6. The summed E-state index contributed by atoms with van der Waals surface area (Å²) in [6.45, 7) is 0.645. The molecule has 118 valence electrons. The predicted molar refractivity (Wildman–Crippen MR) is 79.7 cm³/mol. The van der Waals surface area contributed by atoms with Gasteiger partial charge in [-0.15, -0.1) is 5.10 Å². The molecule has 0 unspecified atom stereocenters. The summed E-state index contributed by atoms with van der Waals surface area (Å²) in [6.07, 6.45) is 2.23. The quantitative estimate of drug-likeness (QED) is 0.750. The van der Waals surface area contributed by atoms with E-state index in [-0.39, 0.29) is 5.69 Å². The number of aromatic carboxylic acids is 1. The molecule has 22 heavy (non-hydrogen) atoms. The van der Waals surface area contributed by atoms with Crippen molar-refractivity contribution < 1.29 is 19.4 Å². The third-order valence-corrected chi connectivity index (χ3v) is 3.29. The van der Waals surface area contributed by atoms with Crippen LogP contribution < -0.4 is 4.74 Å². The number of rotatable bonds is 8. The number of carboxylic acid groups (broad SMARTS) is 1. The van der Waals surface area contributed by atoms with Gasteiger partial charge in [0.1, 0.15) is 5.75 Å². The van der Waals surface area contributed by atoms with Gasteiger partial charge < -0.3 is 14.6 Å². The molecule has 1 N–H and O–H groups in total. The minimum absolute atomic E-state index is 0.00626. The van der Waals surface area contributed by atoms with Crippen molar-refractivity contribution in [2.24, 2.45) is 0 Å². The molecule has 0 amide bonds. The molecule has 0 spiro atoms. The summed E-state index contributed by atoms with van der Waals surface area (Å²) in [5, 5.41) is 17.0. The van der Waals surface area contributed by atoms with Crippen molar-refractivity contribution in [3.8, 4) is 11.4 Å². The van der Waals surface area contributed by atoms with Gasteiger partial charge in [0.2, 0.25) is 0 Å². The molecule has 0 saturated carbocycles. The number of aromatic nitrogens is 3. The fourth-order valence-electron chi connectivity index (χ4n) is 2.16. The first-order valence-corrected chi connectivity index (χ1v) is 6.98. The molecule has 0 aliphatic heterocycles. The monoisotopic (exact) mass is 305 g/mol. The van der Waals surface area contributed by atoms with Gasteiger partial charge in [-0.05, 0) is 43.5 Å². The van der Waals surface area contributed by atoms with Crippen molar-refractivity contribution in [1.82, 2.24) is 15.0 Å². The summed E-state index contributed by atoms with van der Waals surface area (Å²) >= 11 is 0. The van der Waals surface area contributed by atoms with Crippen molar-refractivity contribution in [3.05, 3.63) is 35.7 Å². The molecular weight excluding hydrogens is 286 g/mol.